The molecule has 9 heteroatoms. The summed E-state index contributed by atoms with van der Waals surface area (Å²) in [5.41, 5.74) is -1.25. The highest BCUT2D eigenvalue weighted by atomic mass is 32.2. The van der Waals surface area contributed by atoms with Gasteiger partial charge in [0, 0.05) is 13.1 Å². The summed E-state index contributed by atoms with van der Waals surface area (Å²) in [5.74, 6) is -0.414. The van der Waals surface area contributed by atoms with Crippen LogP contribution in [0.4, 0.5) is 4.79 Å². The first kappa shape index (κ1) is 14.7. The van der Waals surface area contributed by atoms with E-state index in [0.717, 1.165) is 4.31 Å². The largest absolute Gasteiger partial charge is 0.449 e. The number of amides is 2. The smallest absolute Gasteiger partial charge is 0.421 e. The average molecular weight is 279 g/mol. The molecule has 8 nitrogen and oxygen atoms in total. The lowest BCUT2D eigenvalue weighted by molar-refractivity contribution is -0.131. The minimum Gasteiger partial charge on any atom is -0.449 e. The summed E-state index contributed by atoms with van der Waals surface area (Å²) in [4.78, 5) is 22.8. The minimum absolute atomic E-state index is 0.0607. The Bertz CT molecular complexity index is 445. The van der Waals surface area contributed by atoms with E-state index < -0.39 is 27.7 Å². The van der Waals surface area contributed by atoms with Gasteiger partial charge in [-0.1, -0.05) is 0 Å². The molecule has 18 heavy (non-hydrogen) atoms. The Balaban J connectivity index is 2.90. The molecule has 1 heterocycles. The molecular weight excluding hydrogens is 262 g/mol. The fourth-order valence-electron chi connectivity index (χ4n) is 1.62. The molecule has 1 rings (SSSR count). The lowest BCUT2D eigenvalue weighted by Crippen LogP contribution is -2.65. The second kappa shape index (κ2) is 5.11. The molecule has 0 spiro atoms. The second-order valence-corrected chi connectivity index (χ2v) is 5.81. The van der Waals surface area contributed by atoms with Gasteiger partial charge < -0.3 is 10.1 Å². The minimum atomic E-state index is -4.10. The van der Waals surface area contributed by atoms with Gasteiger partial charge >= 0.3 is 16.3 Å². The lowest BCUT2D eigenvalue weighted by Gasteiger charge is -2.39. The van der Waals surface area contributed by atoms with Gasteiger partial charge in [0.05, 0.1) is 6.61 Å². The number of nitrogens with zero attached hydrogens (tertiary/aromatic N) is 1. The molecule has 0 saturated carbocycles. The molecule has 1 fully saturated rings. The first-order chi connectivity index (χ1) is 8.21. The van der Waals surface area contributed by atoms with Gasteiger partial charge in [-0.2, -0.15) is 12.7 Å². The molecule has 0 aromatic rings. The maximum atomic E-state index is 12.0. The van der Waals surface area contributed by atoms with E-state index in [-0.39, 0.29) is 19.7 Å². The molecule has 0 atom stereocenters. The van der Waals surface area contributed by atoms with Gasteiger partial charge in [-0.15, -0.1) is 0 Å². The van der Waals surface area contributed by atoms with E-state index in [1.807, 2.05) is 0 Å². The van der Waals surface area contributed by atoms with Crippen LogP contribution in [0, 0.1) is 0 Å². The topological polar surface area (TPSA) is 105 Å². The van der Waals surface area contributed by atoms with Crippen molar-refractivity contribution in [1.82, 2.24) is 14.3 Å². The van der Waals surface area contributed by atoms with E-state index in [1.54, 1.807) is 11.6 Å². The van der Waals surface area contributed by atoms with Crippen molar-refractivity contribution in [3.63, 3.8) is 0 Å². The summed E-state index contributed by atoms with van der Waals surface area (Å²) < 4.78 is 31.1. The maximum absolute atomic E-state index is 12.0. The fraction of sp³-hybridized carbons (Fsp3) is 0.778. The Hall–Kier alpha value is -1.35. The predicted octanol–water partition coefficient (Wildman–Crippen LogP) is -0.812. The molecule has 0 aliphatic carbocycles. The van der Waals surface area contributed by atoms with Crippen LogP contribution in [0.1, 0.15) is 20.8 Å². The zero-order chi connectivity index (χ0) is 14.0. The van der Waals surface area contributed by atoms with E-state index in [4.69, 9.17) is 0 Å². The van der Waals surface area contributed by atoms with Crippen molar-refractivity contribution in [3.8, 4) is 0 Å². The molecule has 0 unspecified atom stereocenters. The summed E-state index contributed by atoms with van der Waals surface area (Å²) in [6, 6.07) is 0. The number of piperazine rings is 1. The van der Waals surface area contributed by atoms with Gasteiger partial charge in [0.2, 0.25) is 5.91 Å². The number of hydrogen-bond donors (Lipinski definition) is 2. The summed E-state index contributed by atoms with van der Waals surface area (Å²) in [6.07, 6.45) is -1.06. The predicted molar refractivity (Wildman–Crippen MR) is 62.9 cm³/mol. The molecule has 1 aliphatic rings. The second-order valence-electron chi connectivity index (χ2n) is 4.21. The van der Waals surface area contributed by atoms with Crippen LogP contribution in [0.15, 0.2) is 0 Å². The summed E-state index contributed by atoms with van der Waals surface area (Å²) in [5, 5.41) is 2.56. The molecule has 2 amide bonds. The highest BCUT2D eigenvalue weighted by Crippen LogP contribution is 2.20. The lowest BCUT2D eigenvalue weighted by atomic mass is 10.0. The van der Waals surface area contributed by atoms with Crippen molar-refractivity contribution in [3.05, 3.63) is 0 Å². The van der Waals surface area contributed by atoms with Crippen LogP contribution in [-0.4, -0.2) is 50.0 Å². The fourth-order valence-corrected chi connectivity index (χ4v) is 3.02. The van der Waals surface area contributed by atoms with E-state index in [1.165, 1.54) is 13.8 Å². The Kier molecular flexibility index (Phi) is 4.17. The third-order valence-corrected chi connectivity index (χ3v) is 4.20. The summed E-state index contributed by atoms with van der Waals surface area (Å²) in [6.45, 7) is 4.84. The standard InChI is InChI=1S/C9H17N3O5S/c1-4-17-8(14)11-18(15,16)12-6-5-10-7(13)9(12,2)3/h4-6H2,1-3H3,(H,10,13)(H,11,14). The number of carbonyl (C=O) groups is 2. The van der Waals surface area contributed by atoms with Crippen LogP contribution in [0.2, 0.25) is 0 Å². The van der Waals surface area contributed by atoms with Crippen LogP contribution in [-0.2, 0) is 19.7 Å². The van der Waals surface area contributed by atoms with Gasteiger partial charge in [-0.05, 0) is 20.8 Å². The van der Waals surface area contributed by atoms with E-state index in [2.05, 4.69) is 10.1 Å². The molecule has 104 valence electrons. The number of rotatable bonds is 3. The number of ether oxygens (including phenoxy) is 1. The molecule has 0 bridgehead atoms. The number of hydrogen-bond acceptors (Lipinski definition) is 5. The van der Waals surface area contributed by atoms with Gasteiger partial charge in [0.1, 0.15) is 5.54 Å². The summed E-state index contributed by atoms with van der Waals surface area (Å²) in [7, 11) is -4.10. The van der Waals surface area contributed by atoms with Gasteiger partial charge in [-0.25, -0.2) is 9.52 Å². The zero-order valence-electron chi connectivity index (χ0n) is 10.5. The van der Waals surface area contributed by atoms with Gasteiger partial charge in [0.15, 0.2) is 0 Å². The third kappa shape index (κ3) is 2.91. The first-order valence-corrected chi connectivity index (χ1v) is 6.91. The van der Waals surface area contributed by atoms with Crippen LogP contribution < -0.4 is 10.0 Å². The molecule has 0 aromatic carbocycles. The van der Waals surface area contributed by atoms with Crippen LogP contribution in [0.5, 0.6) is 0 Å². The molecule has 2 N–H and O–H groups in total. The van der Waals surface area contributed by atoms with Gasteiger partial charge in [-0.3, -0.25) is 4.79 Å². The van der Waals surface area contributed by atoms with Crippen molar-refractivity contribution >= 4 is 22.2 Å². The molecule has 0 radical (unpaired) electrons. The zero-order valence-corrected chi connectivity index (χ0v) is 11.3. The average Bonchev–Trinajstić information content (AvgIpc) is 2.21. The van der Waals surface area contributed by atoms with E-state index in [9.17, 15) is 18.0 Å². The quantitative estimate of drug-likeness (QED) is 0.703. The highest BCUT2D eigenvalue weighted by molar-refractivity contribution is 7.87. The van der Waals surface area contributed by atoms with Crippen molar-refractivity contribution in [1.29, 1.82) is 0 Å². The maximum Gasteiger partial charge on any atom is 0.421 e. The summed E-state index contributed by atoms with van der Waals surface area (Å²) >= 11 is 0. The Morgan fingerprint density at radius 2 is 2.17 bits per heavy atom. The van der Waals surface area contributed by atoms with Crippen LogP contribution >= 0.6 is 0 Å². The van der Waals surface area contributed by atoms with Crippen LogP contribution in [0.25, 0.3) is 0 Å². The molecular formula is C9H17N3O5S. The molecule has 1 aliphatic heterocycles. The van der Waals surface area contributed by atoms with Crippen molar-refractivity contribution < 1.29 is 22.7 Å². The van der Waals surface area contributed by atoms with Crippen molar-refractivity contribution in [2.45, 2.75) is 26.3 Å². The Morgan fingerprint density at radius 1 is 1.56 bits per heavy atom. The number of nitrogens with one attached hydrogen (secondary N) is 2. The van der Waals surface area contributed by atoms with E-state index >= 15 is 0 Å². The Labute approximate surface area is 106 Å². The monoisotopic (exact) mass is 279 g/mol. The highest BCUT2D eigenvalue weighted by Gasteiger charge is 2.45. The van der Waals surface area contributed by atoms with Crippen molar-refractivity contribution in [2.75, 3.05) is 19.7 Å². The molecule has 1 saturated heterocycles. The first-order valence-electron chi connectivity index (χ1n) is 5.47. The SMILES string of the molecule is CCOC(=O)NS(=O)(=O)N1CCNC(=O)C1(C)C. The molecule has 0 aromatic heterocycles. The number of carbonyl (C=O) groups excluding carboxylic acids is 2. The van der Waals surface area contributed by atoms with Crippen molar-refractivity contribution in [2.24, 2.45) is 0 Å². The van der Waals surface area contributed by atoms with Crippen LogP contribution in [0.3, 0.4) is 0 Å². The Morgan fingerprint density at radius 3 is 2.72 bits per heavy atom. The van der Waals surface area contributed by atoms with Gasteiger partial charge in [0.25, 0.3) is 0 Å². The third-order valence-electron chi connectivity index (χ3n) is 2.56. The van der Waals surface area contributed by atoms with E-state index in [0.29, 0.717) is 0 Å². The normalized spacial score (nSPS) is 20.1.